The highest BCUT2D eigenvalue weighted by molar-refractivity contribution is 5.92. The van der Waals surface area contributed by atoms with Gasteiger partial charge in [0.05, 0.1) is 6.04 Å². The van der Waals surface area contributed by atoms with Crippen LogP contribution in [0.4, 0.5) is 4.39 Å². The summed E-state index contributed by atoms with van der Waals surface area (Å²) < 4.78 is 14.1. The summed E-state index contributed by atoms with van der Waals surface area (Å²) in [5.41, 5.74) is 0.694. The fourth-order valence-corrected chi connectivity index (χ4v) is 2.14. The van der Waals surface area contributed by atoms with E-state index in [9.17, 15) is 14.0 Å². The van der Waals surface area contributed by atoms with E-state index in [1.807, 2.05) is 13.8 Å². The molecule has 0 saturated carbocycles. The molecule has 22 heavy (non-hydrogen) atoms. The van der Waals surface area contributed by atoms with Gasteiger partial charge < -0.3 is 5.32 Å². The molecule has 0 aliphatic heterocycles. The second kappa shape index (κ2) is 6.51. The number of benzene rings is 1. The Balaban J connectivity index is 2.23. The highest BCUT2D eigenvalue weighted by Gasteiger charge is 2.20. The summed E-state index contributed by atoms with van der Waals surface area (Å²) in [6, 6.07) is 8.43. The van der Waals surface area contributed by atoms with Gasteiger partial charge in [0.25, 0.3) is 11.5 Å². The smallest absolute Gasteiger partial charge is 0.272 e. The van der Waals surface area contributed by atoms with Gasteiger partial charge in [0, 0.05) is 13.1 Å². The number of rotatable bonds is 4. The van der Waals surface area contributed by atoms with E-state index in [1.54, 1.807) is 12.1 Å². The normalized spacial score (nSPS) is 12.2. The number of hydrogen-bond acceptors (Lipinski definition) is 3. The Morgan fingerprint density at radius 3 is 2.36 bits per heavy atom. The number of hydrogen-bond donors (Lipinski definition) is 1. The molecule has 0 saturated heterocycles. The molecular weight excluding hydrogens is 285 g/mol. The van der Waals surface area contributed by atoms with Crippen molar-refractivity contribution >= 4 is 5.91 Å². The minimum Gasteiger partial charge on any atom is -0.344 e. The van der Waals surface area contributed by atoms with Crippen LogP contribution in [0.1, 0.15) is 35.9 Å². The third-order valence-corrected chi connectivity index (χ3v) is 3.38. The van der Waals surface area contributed by atoms with Gasteiger partial charge in [0.2, 0.25) is 0 Å². The summed E-state index contributed by atoms with van der Waals surface area (Å²) in [5.74, 6) is -0.585. The molecular formula is C16H18FN3O2. The van der Waals surface area contributed by atoms with E-state index >= 15 is 0 Å². The predicted molar refractivity (Wildman–Crippen MR) is 80.9 cm³/mol. The van der Waals surface area contributed by atoms with Gasteiger partial charge in [0.1, 0.15) is 11.5 Å². The van der Waals surface area contributed by atoms with Crippen LogP contribution in [0.25, 0.3) is 0 Å². The van der Waals surface area contributed by atoms with E-state index in [0.717, 1.165) is 10.2 Å². The maximum atomic E-state index is 13.0. The molecule has 0 unspecified atom stereocenters. The second-order valence-electron chi connectivity index (χ2n) is 5.43. The monoisotopic (exact) mass is 303 g/mol. The quantitative estimate of drug-likeness (QED) is 0.940. The number of carbonyl (C=O) groups excluding carboxylic acids is 1. The van der Waals surface area contributed by atoms with Crippen molar-refractivity contribution in [2.75, 3.05) is 0 Å². The van der Waals surface area contributed by atoms with Crippen molar-refractivity contribution in [3.05, 3.63) is 63.8 Å². The molecule has 0 bridgehead atoms. The van der Waals surface area contributed by atoms with Crippen molar-refractivity contribution in [2.45, 2.75) is 19.9 Å². The van der Waals surface area contributed by atoms with Gasteiger partial charge in [0.15, 0.2) is 0 Å². The summed E-state index contributed by atoms with van der Waals surface area (Å²) >= 11 is 0. The molecule has 0 radical (unpaired) electrons. The van der Waals surface area contributed by atoms with Crippen molar-refractivity contribution in [3.63, 3.8) is 0 Å². The lowest BCUT2D eigenvalue weighted by molar-refractivity contribution is 0.0918. The Labute approximate surface area is 127 Å². The lowest BCUT2D eigenvalue weighted by Gasteiger charge is -2.22. The average Bonchev–Trinajstić information content (AvgIpc) is 2.48. The topological polar surface area (TPSA) is 64.0 Å². The molecule has 6 heteroatoms. The summed E-state index contributed by atoms with van der Waals surface area (Å²) in [4.78, 5) is 23.6. The largest absolute Gasteiger partial charge is 0.344 e. The zero-order valence-electron chi connectivity index (χ0n) is 12.7. The molecule has 0 aliphatic carbocycles. The summed E-state index contributed by atoms with van der Waals surface area (Å²) in [7, 11) is 1.49. The van der Waals surface area contributed by atoms with Crippen molar-refractivity contribution in [1.82, 2.24) is 15.1 Å². The first-order chi connectivity index (χ1) is 10.4. The van der Waals surface area contributed by atoms with E-state index in [-0.39, 0.29) is 34.9 Å². The Morgan fingerprint density at radius 2 is 1.82 bits per heavy atom. The molecule has 1 amide bonds. The number of halogens is 1. The Hall–Kier alpha value is -2.50. The molecule has 1 aromatic carbocycles. The lowest BCUT2D eigenvalue weighted by Crippen LogP contribution is -2.33. The molecule has 116 valence electrons. The molecule has 2 rings (SSSR count). The fraction of sp³-hybridized carbons (Fsp3) is 0.312. The Kier molecular flexibility index (Phi) is 4.70. The molecule has 0 aliphatic rings. The fourth-order valence-electron chi connectivity index (χ4n) is 2.14. The van der Waals surface area contributed by atoms with E-state index in [4.69, 9.17) is 0 Å². The van der Waals surface area contributed by atoms with E-state index in [2.05, 4.69) is 10.4 Å². The van der Waals surface area contributed by atoms with E-state index < -0.39 is 0 Å². The van der Waals surface area contributed by atoms with Crippen molar-refractivity contribution in [2.24, 2.45) is 13.0 Å². The number of aryl methyl sites for hydroxylation is 1. The van der Waals surface area contributed by atoms with Crippen LogP contribution < -0.4 is 10.9 Å². The van der Waals surface area contributed by atoms with Crippen LogP contribution in [0.5, 0.6) is 0 Å². The zero-order chi connectivity index (χ0) is 16.3. The minimum absolute atomic E-state index is 0.113. The maximum absolute atomic E-state index is 13.0. The third-order valence-electron chi connectivity index (χ3n) is 3.38. The molecule has 0 spiro atoms. The average molecular weight is 303 g/mol. The zero-order valence-corrected chi connectivity index (χ0v) is 12.7. The van der Waals surface area contributed by atoms with Crippen LogP contribution in [-0.4, -0.2) is 15.7 Å². The molecule has 0 fully saturated rings. The minimum atomic E-state index is -0.376. The molecule has 1 heterocycles. The standard InChI is InChI=1S/C16H18FN3O2/c1-10(2)15(11-4-6-12(17)7-5-11)18-16(22)13-8-9-14(21)20(3)19-13/h4-10,15H,1-3H3,(H,18,22)/t15-/m1/s1. The maximum Gasteiger partial charge on any atom is 0.272 e. The van der Waals surface area contributed by atoms with Crippen LogP contribution in [0.15, 0.2) is 41.2 Å². The van der Waals surface area contributed by atoms with Crippen LogP contribution >= 0.6 is 0 Å². The van der Waals surface area contributed by atoms with Crippen LogP contribution in [-0.2, 0) is 7.05 Å². The highest BCUT2D eigenvalue weighted by Crippen LogP contribution is 2.22. The van der Waals surface area contributed by atoms with Crippen molar-refractivity contribution in [1.29, 1.82) is 0 Å². The summed E-state index contributed by atoms with van der Waals surface area (Å²) in [6.07, 6.45) is 0. The molecule has 1 aromatic heterocycles. The SMILES string of the molecule is CC(C)[C@@H](NC(=O)c1ccc(=O)n(C)n1)c1ccc(F)cc1. The second-order valence-corrected chi connectivity index (χ2v) is 5.43. The van der Waals surface area contributed by atoms with Gasteiger partial charge in [-0.05, 0) is 29.7 Å². The first kappa shape index (κ1) is 15.9. The van der Waals surface area contributed by atoms with Crippen LogP contribution in [0.3, 0.4) is 0 Å². The van der Waals surface area contributed by atoms with Gasteiger partial charge in [-0.2, -0.15) is 5.10 Å². The predicted octanol–water partition coefficient (Wildman–Crippen LogP) is 2.05. The number of amides is 1. The van der Waals surface area contributed by atoms with Gasteiger partial charge in [-0.1, -0.05) is 26.0 Å². The molecule has 1 N–H and O–H groups in total. The summed E-state index contributed by atoms with van der Waals surface area (Å²) in [5, 5.41) is 6.80. The number of carbonyl (C=O) groups is 1. The van der Waals surface area contributed by atoms with Gasteiger partial charge in [-0.25, -0.2) is 9.07 Å². The third kappa shape index (κ3) is 3.58. The number of nitrogens with one attached hydrogen (secondary N) is 1. The van der Waals surface area contributed by atoms with Gasteiger partial charge in [-0.15, -0.1) is 0 Å². The first-order valence-corrected chi connectivity index (χ1v) is 6.99. The van der Waals surface area contributed by atoms with Gasteiger partial charge >= 0.3 is 0 Å². The lowest BCUT2D eigenvalue weighted by atomic mass is 9.96. The van der Waals surface area contributed by atoms with Crippen LogP contribution in [0, 0.1) is 11.7 Å². The van der Waals surface area contributed by atoms with Crippen molar-refractivity contribution < 1.29 is 9.18 Å². The molecule has 2 aromatic rings. The summed E-state index contributed by atoms with van der Waals surface area (Å²) in [6.45, 7) is 3.92. The van der Waals surface area contributed by atoms with Crippen molar-refractivity contribution in [3.8, 4) is 0 Å². The Bertz CT molecular complexity index is 723. The number of nitrogens with zero attached hydrogens (tertiary/aromatic N) is 2. The Morgan fingerprint density at radius 1 is 1.18 bits per heavy atom. The van der Waals surface area contributed by atoms with Crippen LogP contribution in [0.2, 0.25) is 0 Å². The molecule has 5 nitrogen and oxygen atoms in total. The highest BCUT2D eigenvalue weighted by atomic mass is 19.1. The molecule has 1 atom stereocenters. The van der Waals surface area contributed by atoms with E-state index in [0.29, 0.717) is 0 Å². The van der Waals surface area contributed by atoms with Gasteiger partial charge in [-0.3, -0.25) is 9.59 Å². The first-order valence-electron chi connectivity index (χ1n) is 6.99. The van der Waals surface area contributed by atoms with E-state index in [1.165, 1.54) is 31.3 Å². The number of aromatic nitrogens is 2.